The summed E-state index contributed by atoms with van der Waals surface area (Å²) in [5.74, 6) is 0.684. The average Bonchev–Trinajstić information content (AvgIpc) is 2.76. The molecule has 4 rings (SSSR count). The highest BCUT2D eigenvalue weighted by Crippen LogP contribution is 2.38. The fourth-order valence-electron chi connectivity index (χ4n) is 4.18. The smallest absolute Gasteiger partial charge is 0.242 e. The summed E-state index contributed by atoms with van der Waals surface area (Å²) in [6.07, 6.45) is 3.07. The number of nitrogens with two attached hydrogens (primary N) is 1. The summed E-state index contributed by atoms with van der Waals surface area (Å²) in [6, 6.07) is 13.5. The number of sulfonamides is 2. The Balaban J connectivity index is 1.41. The Kier molecular flexibility index (Phi) is 6.96. The van der Waals surface area contributed by atoms with Crippen LogP contribution < -0.4 is 15.2 Å². The number of anilines is 1. The van der Waals surface area contributed by atoms with Crippen LogP contribution in [0, 0.1) is 12.7 Å². The summed E-state index contributed by atoms with van der Waals surface area (Å²) in [5.41, 5.74) is 2.09. The summed E-state index contributed by atoms with van der Waals surface area (Å²) >= 11 is 0. The van der Waals surface area contributed by atoms with E-state index < -0.39 is 26.1 Å². The van der Waals surface area contributed by atoms with Gasteiger partial charge in [-0.3, -0.25) is 0 Å². The van der Waals surface area contributed by atoms with Crippen molar-refractivity contribution >= 4 is 25.9 Å². The number of rotatable bonds is 8. The Bertz CT molecular complexity index is 1440. The number of hydrogen-bond donors (Lipinski definition) is 3. The molecule has 1 saturated carbocycles. The molecule has 1 heterocycles. The summed E-state index contributed by atoms with van der Waals surface area (Å²) < 4.78 is 64.9. The van der Waals surface area contributed by atoms with Gasteiger partial charge in [0.15, 0.2) is 0 Å². The second-order valence-electron chi connectivity index (χ2n) is 8.86. The van der Waals surface area contributed by atoms with Crippen molar-refractivity contribution < 1.29 is 21.2 Å². The molecule has 0 aliphatic heterocycles. The van der Waals surface area contributed by atoms with Gasteiger partial charge in [-0.25, -0.2) is 36.1 Å². The summed E-state index contributed by atoms with van der Waals surface area (Å²) in [4.78, 5) is 4.23. The second kappa shape index (κ2) is 9.65. The third-order valence-corrected chi connectivity index (χ3v) is 8.78. The molecule has 0 radical (unpaired) electrons. The Morgan fingerprint density at radius 1 is 1.06 bits per heavy atom. The van der Waals surface area contributed by atoms with Crippen LogP contribution >= 0.6 is 0 Å². The first-order chi connectivity index (χ1) is 16.4. The molecule has 0 amide bonds. The van der Waals surface area contributed by atoms with Crippen LogP contribution in [0.5, 0.6) is 0 Å². The molecule has 186 valence electrons. The van der Waals surface area contributed by atoms with E-state index >= 15 is 0 Å². The predicted octanol–water partition coefficient (Wildman–Crippen LogP) is 3.57. The molecule has 1 fully saturated rings. The number of pyridine rings is 1. The number of halogens is 1. The molecule has 3 aromatic rings. The third kappa shape index (κ3) is 5.87. The highest BCUT2D eigenvalue weighted by Gasteiger charge is 2.31. The van der Waals surface area contributed by atoms with Crippen molar-refractivity contribution in [2.24, 2.45) is 5.14 Å². The number of benzene rings is 2. The van der Waals surface area contributed by atoms with Crippen LogP contribution in [0.25, 0.3) is 0 Å². The maximum absolute atomic E-state index is 13.1. The topological polar surface area (TPSA) is 131 Å². The largest absolute Gasteiger partial charge is 0.367 e. The van der Waals surface area contributed by atoms with Crippen LogP contribution in [0.1, 0.15) is 48.4 Å². The van der Waals surface area contributed by atoms with Gasteiger partial charge in [0.25, 0.3) is 0 Å². The summed E-state index contributed by atoms with van der Waals surface area (Å²) in [6.45, 7) is 3.31. The number of aromatic nitrogens is 1. The average molecular weight is 519 g/mol. The van der Waals surface area contributed by atoms with E-state index in [-0.39, 0.29) is 21.7 Å². The van der Waals surface area contributed by atoms with E-state index in [2.05, 4.69) is 15.0 Å². The molecule has 1 atom stereocenters. The maximum Gasteiger partial charge on any atom is 0.242 e. The molecular weight excluding hydrogens is 491 g/mol. The Labute approximate surface area is 204 Å². The van der Waals surface area contributed by atoms with E-state index in [0.29, 0.717) is 22.9 Å². The first-order valence-corrected chi connectivity index (χ1v) is 14.1. The molecule has 0 saturated heterocycles. The highest BCUT2D eigenvalue weighted by molar-refractivity contribution is 7.89. The molecule has 0 spiro atoms. The van der Waals surface area contributed by atoms with Crippen LogP contribution in [-0.2, 0) is 20.0 Å². The van der Waals surface area contributed by atoms with Crippen LogP contribution in [0.3, 0.4) is 0 Å². The van der Waals surface area contributed by atoms with Gasteiger partial charge in [0.1, 0.15) is 16.5 Å². The van der Waals surface area contributed by atoms with Crippen molar-refractivity contribution in [1.82, 2.24) is 9.71 Å². The van der Waals surface area contributed by atoms with Gasteiger partial charge < -0.3 is 5.32 Å². The fourth-order valence-corrected chi connectivity index (χ4v) is 6.15. The molecule has 35 heavy (non-hydrogen) atoms. The molecule has 1 unspecified atom stereocenters. The number of nitrogens with zero attached hydrogens (tertiary/aromatic N) is 1. The molecule has 1 aliphatic carbocycles. The Morgan fingerprint density at radius 3 is 2.37 bits per heavy atom. The Hall–Kier alpha value is -2.86. The van der Waals surface area contributed by atoms with E-state index in [1.165, 1.54) is 36.5 Å². The predicted molar refractivity (Wildman–Crippen MR) is 131 cm³/mol. The highest BCUT2D eigenvalue weighted by atomic mass is 32.2. The lowest BCUT2D eigenvalue weighted by atomic mass is 9.76. The van der Waals surface area contributed by atoms with Crippen LogP contribution in [0.2, 0.25) is 0 Å². The van der Waals surface area contributed by atoms with Crippen LogP contribution in [0.15, 0.2) is 70.6 Å². The minimum atomic E-state index is -3.92. The first-order valence-electron chi connectivity index (χ1n) is 11.1. The van der Waals surface area contributed by atoms with Gasteiger partial charge in [0.2, 0.25) is 20.0 Å². The van der Waals surface area contributed by atoms with E-state index in [9.17, 15) is 21.2 Å². The molecular formula is C24H27FN4O4S2. The maximum atomic E-state index is 13.1. The van der Waals surface area contributed by atoms with E-state index in [1.807, 2.05) is 0 Å². The van der Waals surface area contributed by atoms with Crippen molar-refractivity contribution in [3.63, 3.8) is 0 Å². The number of nitrogens with one attached hydrogen (secondary N) is 2. The quantitative estimate of drug-likeness (QED) is 0.418. The van der Waals surface area contributed by atoms with Crippen molar-refractivity contribution in [3.8, 4) is 0 Å². The zero-order chi connectivity index (χ0) is 25.4. The molecule has 0 bridgehead atoms. The van der Waals surface area contributed by atoms with Crippen molar-refractivity contribution in [2.75, 3.05) is 5.32 Å². The molecule has 1 aliphatic rings. The first kappa shape index (κ1) is 25.2. The van der Waals surface area contributed by atoms with Crippen molar-refractivity contribution in [1.29, 1.82) is 0 Å². The zero-order valence-electron chi connectivity index (χ0n) is 19.3. The second-order valence-corrected chi connectivity index (χ2v) is 12.1. The van der Waals surface area contributed by atoms with Gasteiger partial charge in [-0.15, -0.1) is 0 Å². The molecule has 8 nitrogen and oxygen atoms in total. The van der Waals surface area contributed by atoms with Gasteiger partial charge in [0, 0.05) is 18.3 Å². The summed E-state index contributed by atoms with van der Waals surface area (Å²) in [5, 5.41) is 8.50. The lowest BCUT2D eigenvalue weighted by molar-refractivity contribution is 0.373. The van der Waals surface area contributed by atoms with Crippen molar-refractivity contribution in [3.05, 3.63) is 83.3 Å². The monoisotopic (exact) mass is 518 g/mol. The number of hydrogen-bond acceptors (Lipinski definition) is 6. The normalized spacial score (nSPS) is 19.1. The van der Waals surface area contributed by atoms with E-state index in [0.717, 1.165) is 18.4 Å². The minimum absolute atomic E-state index is 0.0373. The van der Waals surface area contributed by atoms with Crippen molar-refractivity contribution in [2.45, 2.75) is 54.5 Å². The lowest BCUT2D eigenvalue weighted by Gasteiger charge is -2.36. The minimum Gasteiger partial charge on any atom is -0.367 e. The number of primary sulfonamides is 1. The number of aryl methyl sites for hydroxylation is 1. The summed E-state index contributed by atoms with van der Waals surface area (Å²) in [7, 11) is -7.83. The van der Waals surface area contributed by atoms with Gasteiger partial charge in [-0.05, 0) is 79.6 Å². The lowest BCUT2D eigenvalue weighted by Crippen LogP contribution is -2.34. The zero-order valence-corrected chi connectivity index (χ0v) is 20.9. The Morgan fingerprint density at radius 2 is 1.74 bits per heavy atom. The third-order valence-electron chi connectivity index (χ3n) is 6.20. The molecule has 2 aromatic carbocycles. The van der Waals surface area contributed by atoms with Gasteiger partial charge in [-0.2, -0.15) is 0 Å². The molecule has 1 aromatic heterocycles. The standard InChI is InChI=1S/C24H27FN4O4S2/c1-15-10-24(28-21-11-19(12-21)17-6-8-20(25)9-7-17)27-14-23(15)35(32,33)29-16(2)18-4-3-5-22(13-18)34(26,30)31/h3-10,13-14,16,19,21,29H,11-12H2,1-2H3,(H,27,28)(H2,26,30,31). The van der Waals surface area contributed by atoms with E-state index in [4.69, 9.17) is 5.14 Å². The van der Waals surface area contributed by atoms with Crippen LogP contribution in [-0.4, -0.2) is 27.9 Å². The molecule has 4 N–H and O–H groups in total. The SMILES string of the molecule is Cc1cc(NC2CC(c3ccc(F)cc3)C2)ncc1S(=O)(=O)NC(C)c1cccc(S(N)(=O)=O)c1. The van der Waals surface area contributed by atoms with Gasteiger partial charge in [-0.1, -0.05) is 24.3 Å². The molecule has 11 heteroatoms. The van der Waals surface area contributed by atoms with Gasteiger partial charge >= 0.3 is 0 Å². The fraction of sp³-hybridized carbons (Fsp3) is 0.292. The van der Waals surface area contributed by atoms with E-state index in [1.54, 1.807) is 38.1 Å². The van der Waals surface area contributed by atoms with Crippen LogP contribution in [0.4, 0.5) is 10.2 Å². The van der Waals surface area contributed by atoms with Gasteiger partial charge in [0.05, 0.1) is 4.90 Å².